The molecule has 1 aliphatic heterocycles. The molecule has 8 nitrogen and oxygen atoms in total. The fourth-order valence-electron chi connectivity index (χ4n) is 3.40. The minimum atomic E-state index is -0.230. The Morgan fingerprint density at radius 2 is 2.06 bits per heavy atom. The highest BCUT2D eigenvalue weighted by Gasteiger charge is 2.32. The van der Waals surface area contributed by atoms with Gasteiger partial charge in [0.1, 0.15) is 15.8 Å². The van der Waals surface area contributed by atoms with Crippen molar-refractivity contribution in [1.29, 1.82) is 0 Å². The molecule has 0 atom stereocenters. The number of pyridine rings is 1. The molecule has 166 valence electrons. The smallest absolute Gasteiger partial charge is 0.267 e. The SMILES string of the molecule is CCCCN1C(=O)/C(=C/c2c(NCCCn3ccnc3)nc3ccccn3c2=O)SC1=S. The maximum atomic E-state index is 13.3. The highest BCUT2D eigenvalue weighted by atomic mass is 32.2. The number of anilines is 1. The quantitative estimate of drug-likeness (QED) is 0.293. The van der Waals surface area contributed by atoms with E-state index >= 15 is 0 Å². The first kappa shape index (κ1) is 22.2. The first-order chi connectivity index (χ1) is 15.6. The van der Waals surface area contributed by atoms with Gasteiger partial charge in [0.2, 0.25) is 0 Å². The number of thiocarbonyl (C=S) groups is 1. The second-order valence-corrected chi connectivity index (χ2v) is 9.05. The molecule has 3 aromatic heterocycles. The predicted molar refractivity (Wildman–Crippen MR) is 132 cm³/mol. The van der Waals surface area contributed by atoms with E-state index in [9.17, 15) is 9.59 Å². The zero-order chi connectivity index (χ0) is 22.5. The summed E-state index contributed by atoms with van der Waals surface area (Å²) in [4.78, 5) is 36.9. The zero-order valence-electron chi connectivity index (χ0n) is 17.7. The van der Waals surface area contributed by atoms with Gasteiger partial charge in [-0.1, -0.05) is 43.4 Å². The number of carbonyl (C=O) groups is 1. The molecule has 0 bridgehead atoms. The van der Waals surface area contributed by atoms with Gasteiger partial charge in [-0.15, -0.1) is 0 Å². The Morgan fingerprint density at radius 3 is 2.84 bits per heavy atom. The summed E-state index contributed by atoms with van der Waals surface area (Å²) >= 11 is 6.63. The summed E-state index contributed by atoms with van der Waals surface area (Å²) in [5.74, 6) is 0.308. The number of aryl methyl sites for hydroxylation is 1. The number of hydrogen-bond acceptors (Lipinski definition) is 7. The highest BCUT2D eigenvalue weighted by Crippen LogP contribution is 2.33. The molecule has 32 heavy (non-hydrogen) atoms. The van der Waals surface area contributed by atoms with Crippen LogP contribution in [0.15, 0.2) is 52.8 Å². The van der Waals surface area contributed by atoms with Crippen molar-refractivity contribution in [3.63, 3.8) is 0 Å². The molecule has 0 aliphatic carbocycles. The molecule has 1 saturated heterocycles. The third-order valence-corrected chi connectivity index (χ3v) is 6.48. The average Bonchev–Trinajstić information content (AvgIpc) is 3.40. The van der Waals surface area contributed by atoms with Crippen LogP contribution in [-0.4, -0.2) is 47.2 Å². The summed E-state index contributed by atoms with van der Waals surface area (Å²) in [6.45, 7) is 4.07. The fraction of sp³-hybridized carbons (Fsp3) is 0.318. The molecule has 0 unspecified atom stereocenters. The Hall–Kier alpha value is -2.98. The number of fused-ring (bicyclic) bond motifs is 1. The third-order valence-electron chi connectivity index (χ3n) is 5.10. The molecule has 1 amide bonds. The van der Waals surface area contributed by atoms with Gasteiger partial charge in [0.15, 0.2) is 0 Å². The van der Waals surface area contributed by atoms with Crippen LogP contribution in [0.2, 0.25) is 0 Å². The van der Waals surface area contributed by atoms with Crippen molar-refractivity contribution in [2.75, 3.05) is 18.4 Å². The number of nitrogens with one attached hydrogen (secondary N) is 1. The van der Waals surface area contributed by atoms with E-state index in [0.717, 1.165) is 25.8 Å². The van der Waals surface area contributed by atoms with Gasteiger partial charge in [0, 0.05) is 38.2 Å². The first-order valence-electron chi connectivity index (χ1n) is 10.5. The predicted octanol–water partition coefficient (Wildman–Crippen LogP) is 3.39. The van der Waals surface area contributed by atoms with E-state index in [4.69, 9.17) is 12.2 Å². The monoisotopic (exact) mass is 468 g/mol. The molecular weight excluding hydrogens is 444 g/mol. The molecule has 1 aliphatic rings. The summed E-state index contributed by atoms with van der Waals surface area (Å²) in [5.41, 5.74) is 0.668. The molecule has 1 fully saturated rings. The van der Waals surface area contributed by atoms with Gasteiger partial charge in [0.05, 0.1) is 16.8 Å². The largest absolute Gasteiger partial charge is 0.369 e. The summed E-state index contributed by atoms with van der Waals surface area (Å²) in [6.07, 6.45) is 11.4. The minimum absolute atomic E-state index is 0.155. The number of rotatable bonds is 9. The summed E-state index contributed by atoms with van der Waals surface area (Å²) < 4.78 is 4.01. The van der Waals surface area contributed by atoms with E-state index in [1.807, 2.05) is 16.8 Å². The van der Waals surface area contributed by atoms with Gasteiger partial charge in [-0.25, -0.2) is 9.97 Å². The molecule has 0 spiro atoms. The standard InChI is InChI=1S/C22H24N6O2S2/c1-2-3-11-28-21(30)17(32-22(28)31)14-16-19(24-8-6-10-26-13-9-23-15-26)25-18-7-4-5-12-27(18)20(16)29/h4-5,7,9,12-15,24H,2-3,6,8,10-11H2,1H3/b17-14-. The number of unbranched alkanes of at least 4 members (excludes halogenated alkanes) is 1. The molecule has 4 heterocycles. The second kappa shape index (κ2) is 10.1. The van der Waals surface area contributed by atoms with Crippen molar-refractivity contribution < 1.29 is 4.79 Å². The maximum absolute atomic E-state index is 13.3. The molecule has 0 radical (unpaired) electrons. The third kappa shape index (κ3) is 4.76. The van der Waals surface area contributed by atoms with Crippen molar-refractivity contribution in [3.8, 4) is 0 Å². The topological polar surface area (TPSA) is 84.5 Å². The maximum Gasteiger partial charge on any atom is 0.267 e. The van der Waals surface area contributed by atoms with Gasteiger partial charge in [0.25, 0.3) is 11.5 Å². The lowest BCUT2D eigenvalue weighted by Gasteiger charge is -2.13. The van der Waals surface area contributed by atoms with Crippen LogP contribution in [0.25, 0.3) is 11.7 Å². The Kier molecular flexibility index (Phi) is 7.01. The number of aromatic nitrogens is 4. The van der Waals surface area contributed by atoms with Gasteiger partial charge in [-0.2, -0.15) is 0 Å². The first-order valence-corrected chi connectivity index (χ1v) is 11.8. The molecule has 0 saturated carbocycles. The normalized spacial score (nSPS) is 15.3. The lowest BCUT2D eigenvalue weighted by molar-refractivity contribution is -0.122. The van der Waals surface area contributed by atoms with Crippen molar-refractivity contribution in [2.45, 2.75) is 32.7 Å². The molecule has 10 heteroatoms. The van der Waals surface area contributed by atoms with Crippen molar-refractivity contribution >= 4 is 51.7 Å². The van der Waals surface area contributed by atoms with Crippen LogP contribution in [0, 0.1) is 0 Å². The van der Waals surface area contributed by atoms with Crippen LogP contribution in [0.3, 0.4) is 0 Å². The Morgan fingerprint density at radius 1 is 1.19 bits per heavy atom. The van der Waals surface area contributed by atoms with Gasteiger partial charge in [-0.05, 0) is 31.1 Å². The van der Waals surface area contributed by atoms with E-state index in [-0.39, 0.29) is 11.5 Å². The van der Waals surface area contributed by atoms with Crippen molar-refractivity contribution in [3.05, 3.63) is 63.9 Å². The number of imidazole rings is 1. The van der Waals surface area contributed by atoms with Crippen LogP contribution in [0.1, 0.15) is 31.7 Å². The zero-order valence-corrected chi connectivity index (χ0v) is 19.4. The lowest BCUT2D eigenvalue weighted by Crippen LogP contribution is -2.29. The molecule has 1 N–H and O–H groups in total. The van der Waals surface area contributed by atoms with Crippen LogP contribution >= 0.6 is 24.0 Å². The Balaban J connectivity index is 1.63. The fourth-order valence-corrected chi connectivity index (χ4v) is 4.69. The minimum Gasteiger partial charge on any atom is -0.369 e. The van der Waals surface area contributed by atoms with E-state index in [1.165, 1.54) is 16.2 Å². The van der Waals surface area contributed by atoms with Crippen molar-refractivity contribution in [2.24, 2.45) is 0 Å². The second-order valence-electron chi connectivity index (χ2n) is 7.38. The van der Waals surface area contributed by atoms with Crippen LogP contribution in [0.4, 0.5) is 5.82 Å². The highest BCUT2D eigenvalue weighted by molar-refractivity contribution is 8.26. The summed E-state index contributed by atoms with van der Waals surface area (Å²) in [5, 5.41) is 3.28. The van der Waals surface area contributed by atoms with Gasteiger partial charge < -0.3 is 9.88 Å². The number of hydrogen-bond donors (Lipinski definition) is 1. The Bertz CT molecular complexity index is 1220. The van der Waals surface area contributed by atoms with E-state index in [2.05, 4.69) is 22.2 Å². The van der Waals surface area contributed by atoms with E-state index < -0.39 is 0 Å². The van der Waals surface area contributed by atoms with E-state index in [0.29, 0.717) is 39.3 Å². The van der Waals surface area contributed by atoms with Crippen LogP contribution in [-0.2, 0) is 11.3 Å². The van der Waals surface area contributed by atoms with Gasteiger partial charge in [-0.3, -0.25) is 18.9 Å². The van der Waals surface area contributed by atoms with Crippen LogP contribution in [0.5, 0.6) is 0 Å². The van der Waals surface area contributed by atoms with Crippen LogP contribution < -0.4 is 10.9 Å². The lowest BCUT2D eigenvalue weighted by atomic mass is 10.2. The molecular formula is C22H24N6O2S2. The number of nitrogens with zero attached hydrogens (tertiary/aromatic N) is 5. The molecule has 3 aromatic rings. The van der Waals surface area contributed by atoms with Crippen molar-refractivity contribution in [1.82, 2.24) is 23.8 Å². The number of carbonyl (C=O) groups excluding carboxylic acids is 1. The van der Waals surface area contributed by atoms with E-state index in [1.54, 1.807) is 41.8 Å². The summed E-state index contributed by atoms with van der Waals surface area (Å²) in [7, 11) is 0. The number of amides is 1. The van der Waals surface area contributed by atoms with Gasteiger partial charge >= 0.3 is 0 Å². The average molecular weight is 469 g/mol. The Labute approximate surface area is 195 Å². The molecule has 0 aromatic carbocycles. The molecule has 4 rings (SSSR count). The number of thioether (sulfide) groups is 1. The summed E-state index contributed by atoms with van der Waals surface area (Å²) in [6, 6.07) is 5.40.